The molecule has 1 fully saturated rings. The highest BCUT2D eigenvalue weighted by atomic mass is 32.2. The molecule has 92 valence electrons. The first kappa shape index (κ1) is 12.5. The normalized spacial score (nSPS) is 28.8. The van der Waals surface area contributed by atoms with Crippen molar-refractivity contribution in [2.24, 2.45) is 5.92 Å². The number of ether oxygens (including phenoxy) is 2. The Hall–Kier alpha value is -1.00. The van der Waals surface area contributed by atoms with Gasteiger partial charge >= 0.3 is 5.97 Å². The molecule has 0 bridgehead atoms. The SMILES string of the molecule is C[C@H]1OC(=O)[C@H](CSc2ccccc2)[C@@H](C)O1. The highest BCUT2D eigenvalue weighted by Gasteiger charge is 2.34. The quantitative estimate of drug-likeness (QED) is 0.612. The Kier molecular flexibility index (Phi) is 4.07. The fourth-order valence-corrected chi connectivity index (χ4v) is 2.90. The van der Waals surface area contributed by atoms with Crippen LogP contribution in [0.5, 0.6) is 0 Å². The molecule has 1 aliphatic rings. The first-order valence-corrected chi connectivity index (χ1v) is 6.69. The summed E-state index contributed by atoms with van der Waals surface area (Å²) in [6.45, 7) is 3.67. The van der Waals surface area contributed by atoms with Crippen molar-refractivity contribution in [1.29, 1.82) is 0 Å². The summed E-state index contributed by atoms with van der Waals surface area (Å²) in [5.74, 6) is 0.354. The molecule has 1 heterocycles. The highest BCUT2D eigenvalue weighted by molar-refractivity contribution is 7.99. The van der Waals surface area contributed by atoms with Crippen molar-refractivity contribution in [3.63, 3.8) is 0 Å². The van der Waals surface area contributed by atoms with Gasteiger partial charge in [-0.25, -0.2) is 0 Å². The number of hydrogen-bond acceptors (Lipinski definition) is 4. The van der Waals surface area contributed by atoms with Gasteiger partial charge in [-0.05, 0) is 26.0 Å². The van der Waals surface area contributed by atoms with Crippen LogP contribution in [0.15, 0.2) is 35.2 Å². The third-order valence-corrected chi connectivity index (χ3v) is 3.86. The van der Waals surface area contributed by atoms with Crippen LogP contribution in [0.4, 0.5) is 0 Å². The Bertz CT molecular complexity index is 380. The zero-order valence-corrected chi connectivity index (χ0v) is 10.8. The van der Waals surface area contributed by atoms with Crippen LogP contribution in [-0.2, 0) is 14.3 Å². The maximum atomic E-state index is 11.7. The monoisotopic (exact) mass is 252 g/mol. The molecule has 0 spiro atoms. The number of rotatable bonds is 3. The second-order valence-electron chi connectivity index (χ2n) is 4.08. The molecule has 1 aliphatic heterocycles. The molecule has 3 nitrogen and oxygen atoms in total. The van der Waals surface area contributed by atoms with E-state index in [4.69, 9.17) is 9.47 Å². The molecule has 0 unspecified atom stereocenters. The molecular formula is C13H16O3S. The fraction of sp³-hybridized carbons (Fsp3) is 0.462. The van der Waals surface area contributed by atoms with E-state index in [0.29, 0.717) is 5.75 Å². The molecule has 0 saturated carbocycles. The van der Waals surface area contributed by atoms with Crippen LogP contribution in [0.25, 0.3) is 0 Å². The molecule has 0 aliphatic carbocycles. The highest BCUT2D eigenvalue weighted by Crippen LogP contribution is 2.27. The number of hydrogen-bond donors (Lipinski definition) is 0. The molecular weight excluding hydrogens is 236 g/mol. The molecule has 4 heteroatoms. The first-order chi connectivity index (χ1) is 8.16. The summed E-state index contributed by atoms with van der Waals surface area (Å²) in [4.78, 5) is 12.9. The van der Waals surface area contributed by atoms with Crippen molar-refractivity contribution < 1.29 is 14.3 Å². The standard InChI is InChI=1S/C13H16O3S/c1-9-12(13(14)16-10(2)15-9)8-17-11-6-4-3-5-7-11/h3-7,9-10,12H,8H2,1-2H3/t9-,10-,12-/m1/s1. The molecule has 1 aromatic carbocycles. The topological polar surface area (TPSA) is 35.5 Å². The molecule has 1 saturated heterocycles. The average molecular weight is 252 g/mol. The molecule has 1 aromatic rings. The van der Waals surface area contributed by atoms with Gasteiger partial charge in [0.2, 0.25) is 0 Å². The minimum absolute atomic E-state index is 0.0811. The molecule has 0 aromatic heterocycles. The molecule has 3 atom stereocenters. The second kappa shape index (κ2) is 5.56. The Morgan fingerprint density at radius 2 is 1.94 bits per heavy atom. The number of carbonyl (C=O) groups excluding carboxylic acids is 1. The molecule has 0 amide bonds. The minimum Gasteiger partial charge on any atom is -0.436 e. The van der Waals surface area contributed by atoms with Gasteiger partial charge in [0.25, 0.3) is 0 Å². The Morgan fingerprint density at radius 3 is 2.59 bits per heavy atom. The third-order valence-electron chi connectivity index (χ3n) is 2.73. The van der Waals surface area contributed by atoms with Crippen LogP contribution in [0.3, 0.4) is 0 Å². The van der Waals surface area contributed by atoms with Crippen molar-refractivity contribution >= 4 is 17.7 Å². The number of thioether (sulfide) groups is 1. The lowest BCUT2D eigenvalue weighted by atomic mass is 10.1. The predicted octanol–water partition coefficient (Wildman–Crippen LogP) is 2.70. The van der Waals surface area contributed by atoms with Gasteiger partial charge < -0.3 is 9.47 Å². The van der Waals surface area contributed by atoms with E-state index in [1.807, 2.05) is 37.3 Å². The summed E-state index contributed by atoms with van der Waals surface area (Å²) in [7, 11) is 0. The van der Waals surface area contributed by atoms with E-state index in [-0.39, 0.29) is 18.0 Å². The van der Waals surface area contributed by atoms with E-state index in [9.17, 15) is 4.79 Å². The maximum Gasteiger partial charge on any atom is 0.314 e. The van der Waals surface area contributed by atoms with Crippen molar-refractivity contribution in [3.8, 4) is 0 Å². The minimum atomic E-state index is -0.421. The summed E-state index contributed by atoms with van der Waals surface area (Å²) in [5.41, 5.74) is 0. The summed E-state index contributed by atoms with van der Waals surface area (Å²) >= 11 is 1.65. The smallest absolute Gasteiger partial charge is 0.314 e. The molecule has 2 rings (SSSR count). The maximum absolute atomic E-state index is 11.7. The van der Waals surface area contributed by atoms with Gasteiger partial charge in [0.1, 0.15) is 0 Å². The van der Waals surface area contributed by atoms with Crippen LogP contribution in [0, 0.1) is 5.92 Å². The zero-order chi connectivity index (χ0) is 12.3. The summed E-state index contributed by atoms with van der Waals surface area (Å²) in [6, 6.07) is 10.0. The Labute approximate surface area is 105 Å². The molecule has 0 radical (unpaired) electrons. The molecule has 17 heavy (non-hydrogen) atoms. The fourth-order valence-electron chi connectivity index (χ4n) is 1.77. The van der Waals surface area contributed by atoms with Crippen LogP contribution < -0.4 is 0 Å². The lowest BCUT2D eigenvalue weighted by Crippen LogP contribution is -2.42. The zero-order valence-electron chi connectivity index (χ0n) is 9.96. The van der Waals surface area contributed by atoms with Gasteiger partial charge in [0, 0.05) is 10.6 Å². The number of benzene rings is 1. The third kappa shape index (κ3) is 3.23. The summed E-state index contributed by atoms with van der Waals surface area (Å²) in [5, 5.41) is 0. The van der Waals surface area contributed by atoms with E-state index in [2.05, 4.69) is 0 Å². The number of carbonyl (C=O) groups is 1. The largest absolute Gasteiger partial charge is 0.436 e. The van der Waals surface area contributed by atoms with Crippen molar-refractivity contribution in [1.82, 2.24) is 0 Å². The molecule has 0 N–H and O–H groups in total. The Morgan fingerprint density at radius 1 is 1.24 bits per heavy atom. The van der Waals surface area contributed by atoms with E-state index >= 15 is 0 Å². The summed E-state index contributed by atoms with van der Waals surface area (Å²) in [6.07, 6.45) is -0.502. The van der Waals surface area contributed by atoms with E-state index in [1.54, 1.807) is 18.7 Å². The summed E-state index contributed by atoms with van der Waals surface area (Å²) < 4.78 is 10.6. The van der Waals surface area contributed by atoms with Gasteiger partial charge in [0.15, 0.2) is 6.29 Å². The lowest BCUT2D eigenvalue weighted by molar-refractivity contribution is -0.219. The van der Waals surface area contributed by atoms with Crippen LogP contribution in [0.1, 0.15) is 13.8 Å². The second-order valence-corrected chi connectivity index (χ2v) is 5.17. The van der Waals surface area contributed by atoms with Crippen molar-refractivity contribution in [3.05, 3.63) is 30.3 Å². The van der Waals surface area contributed by atoms with Gasteiger partial charge in [-0.2, -0.15) is 0 Å². The van der Waals surface area contributed by atoms with E-state index in [0.717, 1.165) is 4.90 Å². The Balaban J connectivity index is 1.92. The predicted molar refractivity (Wildman–Crippen MR) is 66.8 cm³/mol. The van der Waals surface area contributed by atoms with Gasteiger partial charge in [-0.1, -0.05) is 18.2 Å². The van der Waals surface area contributed by atoms with E-state index in [1.165, 1.54) is 0 Å². The van der Waals surface area contributed by atoms with Crippen molar-refractivity contribution in [2.75, 3.05) is 5.75 Å². The average Bonchev–Trinajstić information content (AvgIpc) is 2.29. The van der Waals surface area contributed by atoms with Gasteiger partial charge in [-0.3, -0.25) is 4.79 Å². The van der Waals surface area contributed by atoms with Crippen LogP contribution in [-0.4, -0.2) is 24.1 Å². The van der Waals surface area contributed by atoms with Crippen LogP contribution >= 0.6 is 11.8 Å². The van der Waals surface area contributed by atoms with Gasteiger partial charge in [0.05, 0.1) is 12.0 Å². The number of cyclic esters (lactones) is 1. The lowest BCUT2D eigenvalue weighted by Gasteiger charge is -2.31. The van der Waals surface area contributed by atoms with Crippen molar-refractivity contribution in [2.45, 2.75) is 31.1 Å². The number of esters is 1. The van der Waals surface area contributed by atoms with E-state index < -0.39 is 6.29 Å². The first-order valence-electron chi connectivity index (χ1n) is 5.70. The van der Waals surface area contributed by atoms with Crippen LogP contribution in [0.2, 0.25) is 0 Å². The van der Waals surface area contributed by atoms with Gasteiger partial charge in [-0.15, -0.1) is 11.8 Å².